The van der Waals surface area contributed by atoms with Crippen LogP contribution in [0, 0.1) is 34.5 Å². The molecule has 0 aromatic rings. The summed E-state index contributed by atoms with van der Waals surface area (Å²) in [4.78, 5) is -2.92. The molecule has 0 amide bonds. The molecule has 1 aliphatic heterocycles. The molecule has 34 heavy (non-hydrogen) atoms. The maximum absolute atomic E-state index is 11.0. The minimum atomic E-state index is -1.58. The molecular weight excluding hydrogens is 522 g/mol. The Balaban J connectivity index is 1.34. The molecule has 0 spiro atoms. The van der Waals surface area contributed by atoms with Gasteiger partial charge in [-0.25, -0.2) is 0 Å². The summed E-state index contributed by atoms with van der Waals surface area (Å²) in [5, 5.41) is 11.3. The Hall–Kier alpha value is 0.440. The lowest BCUT2D eigenvalue weighted by atomic mass is 9.70. The van der Waals surface area contributed by atoms with Crippen LogP contribution in [0.5, 0.6) is 0 Å². The van der Waals surface area contributed by atoms with E-state index in [0.29, 0.717) is 11.8 Å². The summed E-state index contributed by atoms with van der Waals surface area (Å²) in [7, 11) is 2.92. The highest BCUT2D eigenvalue weighted by Gasteiger charge is 2.86. The zero-order valence-corrected chi connectivity index (χ0v) is 23.0. The van der Waals surface area contributed by atoms with Crippen molar-refractivity contribution < 1.29 is 24.1 Å². The van der Waals surface area contributed by atoms with Crippen molar-refractivity contribution >= 4 is 46.4 Å². The average Bonchev–Trinajstić information content (AvgIpc) is 3.44. The highest BCUT2D eigenvalue weighted by Crippen LogP contribution is 2.76. The predicted octanol–water partition coefficient (Wildman–Crippen LogP) is 5.38. The molecule has 4 bridgehead atoms. The Morgan fingerprint density at radius 2 is 1.62 bits per heavy atom. The second-order valence-electron chi connectivity index (χ2n) is 11.8. The van der Waals surface area contributed by atoms with E-state index >= 15 is 0 Å². The van der Waals surface area contributed by atoms with Gasteiger partial charge in [0.05, 0.1) is 28.4 Å². The summed E-state index contributed by atoms with van der Waals surface area (Å²) in [5.74, 6) is -1.65. The first-order valence-electron chi connectivity index (χ1n) is 12.1. The van der Waals surface area contributed by atoms with Gasteiger partial charge in [0.25, 0.3) is 0 Å². The van der Waals surface area contributed by atoms with Crippen molar-refractivity contribution in [3.05, 3.63) is 22.2 Å². The molecule has 9 heteroatoms. The van der Waals surface area contributed by atoms with E-state index in [1.54, 1.807) is 6.08 Å². The van der Waals surface area contributed by atoms with Crippen molar-refractivity contribution in [3.8, 4) is 0 Å². The van der Waals surface area contributed by atoms with Gasteiger partial charge in [-0.1, -0.05) is 56.1 Å². The molecule has 1 heterocycles. The van der Waals surface area contributed by atoms with Crippen LogP contribution in [0.25, 0.3) is 0 Å². The molecule has 5 nitrogen and oxygen atoms in total. The molecule has 6 aliphatic rings. The maximum Gasteiger partial charge on any atom is 0.217 e. The fourth-order valence-corrected chi connectivity index (χ4v) is 11.3. The molecule has 6 rings (SSSR count). The Bertz CT molecular complexity index is 980. The monoisotopic (exact) mass is 552 g/mol. The van der Waals surface area contributed by atoms with Crippen LogP contribution in [0.4, 0.5) is 0 Å². The molecular formula is C25H32Cl4O5. The van der Waals surface area contributed by atoms with E-state index in [1.807, 2.05) is 6.08 Å². The predicted molar refractivity (Wildman–Crippen MR) is 131 cm³/mol. The number of methoxy groups -OCH3 is 2. The van der Waals surface area contributed by atoms with Crippen molar-refractivity contribution in [2.75, 3.05) is 14.2 Å². The minimum absolute atomic E-state index is 0.141. The van der Waals surface area contributed by atoms with E-state index in [9.17, 15) is 5.11 Å². The third-order valence-corrected chi connectivity index (χ3v) is 13.5. The quantitative estimate of drug-likeness (QED) is 0.287. The molecule has 190 valence electrons. The normalized spacial score (nSPS) is 55.8. The summed E-state index contributed by atoms with van der Waals surface area (Å²) in [6, 6.07) is 0. The van der Waals surface area contributed by atoms with Gasteiger partial charge < -0.3 is 24.1 Å². The number of hydrogen-bond donors (Lipinski definition) is 1. The molecule has 0 radical (unpaired) electrons. The Morgan fingerprint density at radius 3 is 2.21 bits per heavy atom. The van der Waals surface area contributed by atoms with Crippen molar-refractivity contribution in [2.45, 2.75) is 80.2 Å². The zero-order chi connectivity index (χ0) is 24.6. The van der Waals surface area contributed by atoms with Gasteiger partial charge in [-0.3, -0.25) is 0 Å². The molecule has 5 aliphatic carbocycles. The van der Waals surface area contributed by atoms with Gasteiger partial charge in [-0.15, -0.1) is 23.2 Å². The van der Waals surface area contributed by atoms with Gasteiger partial charge >= 0.3 is 0 Å². The number of hydrogen-bond acceptors (Lipinski definition) is 5. The van der Waals surface area contributed by atoms with Gasteiger partial charge in [0.1, 0.15) is 9.75 Å². The SMILES string of the molecule is COC1(OC)[C@@]2(Cl)C(Cl)=C(Cl)[C@]1(Cl)[C@H]1[C@@H]2[C@@H](O[C@@H]2C[C@H]3[C@H]4CC[C@@](C)([C@H]3O2)C4(C)C)C=C[C@H]1O. The number of aliphatic hydroxyl groups excluding tert-OH is 1. The van der Waals surface area contributed by atoms with E-state index in [4.69, 9.17) is 65.4 Å². The lowest BCUT2D eigenvalue weighted by Gasteiger charge is -2.44. The van der Waals surface area contributed by atoms with Gasteiger partial charge in [0, 0.05) is 32.5 Å². The first-order valence-corrected chi connectivity index (χ1v) is 13.6. The summed E-state index contributed by atoms with van der Waals surface area (Å²) in [5.41, 5.74) is 0.400. The summed E-state index contributed by atoms with van der Waals surface area (Å²) in [6.07, 6.45) is 5.15. The Labute approximate surface area is 221 Å². The van der Waals surface area contributed by atoms with Crippen molar-refractivity contribution in [2.24, 2.45) is 34.5 Å². The Kier molecular flexibility index (Phi) is 5.31. The van der Waals surface area contributed by atoms with E-state index in [0.717, 1.165) is 6.42 Å². The zero-order valence-electron chi connectivity index (χ0n) is 20.0. The number of fused-ring (bicyclic) bond motifs is 10. The highest BCUT2D eigenvalue weighted by atomic mass is 35.5. The van der Waals surface area contributed by atoms with Crippen molar-refractivity contribution in [1.82, 2.24) is 0 Å². The molecule has 0 aromatic carbocycles. The fourth-order valence-electron chi connectivity index (χ4n) is 8.99. The number of rotatable bonds is 4. The Morgan fingerprint density at radius 1 is 1.00 bits per heavy atom. The van der Waals surface area contributed by atoms with E-state index in [1.165, 1.54) is 27.1 Å². The van der Waals surface area contributed by atoms with Gasteiger partial charge in [-0.2, -0.15) is 0 Å². The van der Waals surface area contributed by atoms with Gasteiger partial charge in [0.15, 0.2) is 6.29 Å². The second kappa shape index (κ2) is 7.30. The van der Waals surface area contributed by atoms with Crippen LogP contribution in [-0.4, -0.2) is 59.5 Å². The molecule has 4 fully saturated rings. The average molecular weight is 554 g/mol. The van der Waals surface area contributed by atoms with Crippen LogP contribution in [0.3, 0.4) is 0 Å². The first-order chi connectivity index (χ1) is 15.9. The number of alkyl halides is 2. The lowest BCUT2D eigenvalue weighted by molar-refractivity contribution is -0.225. The standard InChI is InChI=1S/C25H32Cl4O5/c1-21(2)12-8-9-22(21,3)20-11(12)10-15(34-20)33-14-7-6-13(30)16-17(14)24(29)19(27)18(26)23(16,28)25(24,31-4)32-5/h6-7,11-17,20,30H,8-10H2,1-5H3/t11-,12+,13+,14-,15-,16+,17-,20-,22-,23+,24-/m0/s1. The summed E-state index contributed by atoms with van der Waals surface area (Å²) >= 11 is 27.9. The van der Waals surface area contributed by atoms with Crippen molar-refractivity contribution in [3.63, 3.8) is 0 Å². The van der Waals surface area contributed by atoms with Crippen LogP contribution < -0.4 is 0 Å². The summed E-state index contributed by atoms with van der Waals surface area (Å²) < 4.78 is 24.9. The van der Waals surface area contributed by atoms with Gasteiger partial charge in [-0.05, 0) is 35.5 Å². The lowest BCUT2D eigenvalue weighted by Crippen LogP contribution is -2.58. The van der Waals surface area contributed by atoms with Crippen LogP contribution in [-0.2, 0) is 18.9 Å². The van der Waals surface area contributed by atoms with E-state index in [2.05, 4.69) is 20.8 Å². The van der Waals surface area contributed by atoms with Gasteiger partial charge in [0.2, 0.25) is 5.79 Å². The smallest absolute Gasteiger partial charge is 0.217 e. The third kappa shape index (κ3) is 2.37. The van der Waals surface area contributed by atoms with Crippen LogP contribution in [0.15, 0.2) is 22.2 Å². The van der Waals surface area contributed by atoms with Crippen LogP contribution in [0.2, 0.25) is 0 Å². The minimum Gasteiger partial charge on any atom is -0.389 e. The number of aliphatic hydroxyl groups is 1. The van der Waals surface area contributed by atoms with Crippen molar-refractivity contribution in [1.29, 1.82) is 0 Å². The molecule has 1 N–H and O–H groups in total. The fraction of sp³-hybridized carbons (Fsp3) is 0.840. The molecule has 0 unspecified atom stereocenters. The van der Waals surface area contributed by atoms with Crippen LogP contribution >= 0.6 is 46.4 Å². The van der Waals surface area contributed by atoms with E-state index in [-0.39, 0.29) is 33.3 Å². The number of halogens is 4. The number of ether oxygens (including phenoxy) is 4. The molecule has 0 aromatic heterocycles. The third-order valence-electron chi connectivity index (χ3n) is 10.9. The van der Waals surface area contributed by atoms with E-state index < -0.39 is 39.6 Å². The first kappa shape index (κ1) is 24.8. The molecule has 11 atom stereocenters. The maximum atomic E-state index is 11.0. The second-order valence-corrected chi connectivity index (χ2v) is 13.7. The topological polar surface area (TPSA) is 57.2 Å². The largest absolute Gasteiger partial charge is 0.389 e. The van der Waals surface area contributed by atoms with Crippen LogP contribution in [0.1, 0.15) is 40.0 Å². The highest BCUT2D eigenvalue weighted by molar-refractivity contribution is 6.52. The molecule has 1 saturated heterocycles. The molecule has 3 saturated carbocycles. The summed E-state index contributed by atoms with van der Waals surface area (Å²) in [6.45, 7) is 7.14.